The predicted molar refractivity (Wildman–Crippen MR) is 73.9 cm³/mol. The van der Waals surface area contributed by atoms with Crippen molar-refractivity contribution in [2.75, 3.05) is 32.1 Å². The fourth-order valence-corrected chi connectivity index (χ4v) is 1.67. The van der Waals surface area contributed by atoms with E-state index >= 15 is 0 Å². The molecular weight excluding hydrogens is 228 g/mol. The highest BCUT2D eigenvalue weighted by Gasteiger charge is 2.04. The molecule has 1 rings (SSSR count). The monoisotopic (exact) mass is 250 g/mol. The molecule has 2 N–H and O–H groups in total. The average Bonchev–Trinajstić information content (AvgIpc) is 2.32. The summed E-state index contributed by atoms with van der Waals surface area (Å²) < 4.78 is 4.91. The van der Waals surface area contributed by atoms with Gasteiger partial charge in [-0.15, -0.1) is 0 Å². The van der Waals surface area contributed by atoms with Gasteiger partial charge in [-0.1, -0.05) is 17.7 Å². The maximum atomic E-state index is 11.7. The van der Waals surface area contributed by atoms with Crippen molar-refractivity contribution in [3.8, 4) is 0 Å². The van der Waals surface area contributed by atoms with E-state index in [1.807, 2.05) is 26.0 Å². The van der Waals surface area contributed by atoms with Gasteiger partial charge >= 0.3 is 0 Å². The molecule has 1 aromatic carbocycles. The topological polar surface area (TPSA) is 50.4 Å². The van der Waals surface area contributed by atoms with Crippen LogP contribution in [0.1, 0.15) is 17.5 Å². The van der Waals surface area contributed by atoms with Gasteiger partial charge in [0.1, 0.15) is 0 Å². The number of amides is 1. The molecule has 0 aliphatic carbocycles. The van der Waals surface area contributed by atoms with Gasteiger partial charge in [0.2, 0.25) is 5.91 Å². The molecule has 0 bridgehead atoms. The van der Waals surface area contributed by atoms with Crippen LogP contribution in [0.15, 0.2) is 18.2 Å². The van der Waals surface area contributed by atoms with Gasteiger partial charge in [-0.25, -0.2) is 0 Å². The molecule has 100 valence electrons. The quantitative estimate of drug-likeness (QED) is 0.726. The molecule has 0 aliphatic heterocycles. The van der Waals surface area contributed by atoms with Gasteiger partial charge in [-0.2, -0.15) is 0 Å². The molecule has 0 unspecified atom stereocenters. The molecule has 1 aromatic rings. The third kappa shape index (κ3) is 5.29. The summed E-state index contributed by atoms with van der Waals surface area (Å²) in [6.45, 7) is 6.14. The highest BCUT2D eigenvalue weighted by Crippen LogP contribution is 2.15. The number of carbonyl (C=O) groups excluding carboxylic acids is 1. The Hall–Kier alpha value is -1.39. The number of benzene rings is 1. The predicted octanol–water partition coefficient (Wildman–Crippen LogP) is 1.87. The number of methoxy groups -OCH3 is 1. The van der Waals surface area contributed by atoms with Crippen LogP contribution >= 0.6 is 0 Å². The van der Waals surface area contributed by atoms with Crippen LogP contribution in [-0.2, 0) is 9.53 Å². The number of carbonyl (C=O) groups is 1. The molecule has 4 heteroatoms. The van der Waals surface area contributed by atoms with Gasteiger partial charge in [0, 0.05) is 32.3 Å². The maximum absolute atomic E-state index is 11.7. The van der Waals surface area contributed by atoms with Crippen molar-refractivity contribution in [1.82, 2.24) is 5.32 Å². The number of nitrogens with one attached hydrogen (secondary N) is 2. The first-order valence-electron chi connectivity index (χ1n) is 6.20. The van der Waals surface area contributed by atoms with Crippen molar-refractivity contribution in [2.45, 2.75) is 20.3 Å². The number of hydrogen-bond acceptors (Lipinski definition) is 3. The molecule has 0 aliphatic rings. The summed E-state index contributed by atoms with van der Waals surface area (Å²) in [5.74, 6) is 0.0341. The Balaban J connectivity index is 2.31. The molecule has 18 heavy (non-hydrogen) atoms. The summed E-state index contributed by atoms with van der Waals surface area (Å²) >= 11 is 0. The standard InChI is InChI=1S/C14H22N2O2/c1-11-4-5-13(12(2)10-11)16-14(17)6-7-15-8-9-18-3/h4-5,10,15H,6-9H2,1-3H3,(H,16,17). The van der Waals surface area contributed by atoms with Crippen LogP contribution in [0.2, 0.25) is 0 Å². The molecular formula is C14H22N2O2. The molecule has 0 heterocycles. The summed E-state index contributed by atoms with van der Waals surface area (Å²) in [5.41, 5.74) is 3.19. The van der Waals surface area contributed by atoms with E-state index in [9.17, 15) is 4.79 Å². The molecule has 0 fully saturated rings. The van der Waals surface area contributed by atoms with E-state index < -0.39 is 0 Å². The fraction of sp³-hybridized carbons (Fsp3) is 0.500. The lowest BCUT2D eigenvalue weighted by atomic mass is 10.1. The Labute approximate surface area is 109 Å². The Morgan fingerprint density at radius 2 is 2.06 bits per heavy atom. The Kier molecular flexibility index (Phi) is 6.39. The maximum Gasteiger partial charge on any atom is 0.225 e. The van der Waals surface area contributed by atoms with Crippen molar-refractivity contribution in [1.29, 1.82) is 0 Å². The first kappa shape index (κ1) is 14.7. The molecule has 4 nitrogen and oxygen atoms in total. The minimum Gasteiger partial charge on any atom is -0.383 e. The summed E-state index contributed by atoms with van der Waals surface area (Å²) in [4.78, 5) is 11.7. The van der Waals surface area contributed by atoms with Crippen molar-refractivity contribution in [3.63, 3.8) is 0 Å². The van der Waals surface area contributed by atoms with E-state index in [0.717, 1.165) is 17.8 Å². The fourth-order valence-electron chi connectivity index (χ4n) is 1.67. The van der Waals surface area contributed by atoms with Crippen molar-refractivity contribution < 1.29 is 9.53 Å². The Morgan fingerprint density at radius 3 is 2.72 bits per heavy atom. The van der Waals surface area contributed by atoms with Gasteiger partial charge < -0.3 is 15.4 Å². The van der Waals surface area contributed by atoms with E-state index in [2.05, 4.69) is 16.7 Å². The number of ether oxygens (including phenoxy) is 1. The van der Waals surface area contributed by atoms with Crippen LogP contribution in [0.3, 0.4) is 0 Å². The van der Waals surface area contributed by atoms with Gasteiger partial charge in [-0.05, 0) is 25.5 Å². The average molecular weight is 250 g/mol. The van der Waals surface area contributed by atoms with Crippen LogP contribution < -0.4 is 10.6 Å². The van der Waals surface area contributed by atoms with Crippen molar-refractivity contribution in [2.24, 2.45) is 0 Å². The van der Waals surface area contributed by atoms with E-state index in [1.54, 1.807) is 7.11 Å². The van der Waals surface area contributed by atoms with Gasteiger partial charge in [0.15, 0.2) is 0 Å². The van der Waals surface area contributed by atoms with Gasteiger partial charge in [0.05, 0.1) is 6.61 Å². The Morgan fingerprint density at radius 1 is 1.28 bits per heavy atom. The van der Waals surface area contributed by atoms with E-state index in [0.29, 0.717) is 19.6 Å². The summed E-state index contributed by atoms with van der Waals surface area (Å²) in [5, 5.41) is 6.06. The molecule has 0 radical (unpaired) electrons. The lowest BCUT2D eigenvalue weighted by Crippen LogP contribution is -2.24. The van der Waals surface area contributed by atoms with Crippen molar-refractivity contribution >= 4 is 11.6 Å². The molecule has 0 spiro atoms. The third-order valence-electron chi connectivity index (χ3n) is 2.67. The van der Waals surface area contributed by atoms with E-state index in [4.69, 9.17) is 4.74 Å². The molecule has 0 atom stereocenters. The van der Waals surface area contributed by atoms with Crippen molar-refractivity contribution in [3.05, 3.63) is 29.3 Å². The zero-order valence-electron chi connectivity index (χ0n) is 11.4. The molecule has 0 aromatic heterocycles. The van der Waals surface area contributed by atoms with Crippen LogP contribution in [0.4, 0.5) is 5.69 Å². The second kappa shape index (κ2) is 7.84. The molecule has 0 saturated carbocycles. The second-order valence-electron chi connectivity index (χ2n) is 4.36. The largest absolute Gasteiger partial charge is 0.383 e. The number of aryl methyl sites for hydroxylation is 2. The summed E-state index contributed by atoms with van der Waals surface area (Å²) in [6.07, 6.45) is 0.469. The summed E-state index contributed by atoms with van der Waals surface area (Å²) in [6, 6.07) is 6.01. The molecule has 0 saturated heterocycles. The Bertz CT molecular complexity index is 391. The van der Waals surface area contributed by atoms with E-state index in [1.165, 1.54) is 5.56 Å². The number of rotatable bonds is 7. The highest BCUT2D eigenvalue weighted by atomic mass is 16.5. The lowest BCUT2D eigenvalue weighted by Gasteiger charge is -2.09. The first-order chi connectivity index (χ1) is 8.63. The molecule has 1 amide bonds. The lowest BCUT2D eigenvalue weighted by molar-refractivity contribution is -0.116. The summed E-state index contributed by atoms with van der Waals surface area (Å²) in [7, 11) is 1.66. The first-order valence-corrected chi connectivity index (χ1v) is 6.20. The minimum absolute atomic E-state index is 0.0341. The number of anilines is 1. The zero-order valence-corrected chi connectivity index (χ0v) is 11.4. The van der Waals surface area contributed by atoms with Crippen LogP contribution in [0, 0.1) is 13.8 Å². The van der Waals surface area contributed by atoms with Gasteiger partial charge in [0.25, 0.3) is 0 Å². The minimum atomic E-state index is 0.0341. The highest BCUT2D eigenvalue weighted by molar-refractivity contribution is 5.91. The third-order valence-corrected chi connectivity index (χ3v) is 2.67. The van der Waals surface area contributed by atoms with Crippen LogP contribution in [-0.4, -0.2) is 32.7 Å². The van der Waals surface area contributed by atoms with Gasteiger partial charge in [-0.3, -0.25) is 4.79 Å². The SMILES string of the molecule is COCCNCCC(=O)Nc1ccc(C)cc1C. The zero-order chi connectivity index (χ0) is 13.4. The van der Waals surface area contributed by atoms with Crippen LogP contribution in [0.25, 0.3) is 0 Å². The van der Waals surface area contributed by atoms with E-state index in [-0.39, 0.29) is 5.91 Å². The smallest absolute Gasteiger partial charge is 0.225 e. The second-order valence-corrected chi connectivity index (χ2v) is 4.36. The normalized spacial score (nSPS) is 10.4. The van der Waals surface area contributed by atoms with Crippen LogP contribution in [0.5, 0.6) is 0 Å². The number of hydrogen-bond donors (Lipinski definition) is 2.